The molecule has 0 spiro atoms. The Morgan fingerprint density at radius 1 is 1.67 bits per heavy atom. The highest BCUT2D eigenvalue weighted by Gasteiger charge is 2.24. The molecule has 1 heterocycles. The molecule has 12 heavy (non-hydrogen) atoms. The first-order chi connectivity index (χ1) is 5.59. The van der Waals surface area contributed by atoms with Crippen molar-refractivity contribution in [1.82, 2.24) is 4.90 Å². The SMILES string of the molecule is CC1CN(CC(=O)O)CCC1O. The number of hydrogen-bond acceptors (Lipinski definition) is 3. The molecule has 70 valence electrons. The minimum absolute atomic E-state index is 0.0943. The normalized spacial score (nSPS) is 31.8. The lowest BCUT2D eigenvalue weighted by molar-refractivity contribution is -0.139. The summed E-state index contributed by atoms with van der Waals surface area (Å²) >= 11 is 0. The fourth-order valence-corrected chi connectivity index (χ4v) is 1.55. The molecular formula is C8H15NO3. The molecule has 1 rings (SSSR count). The number of piperidine rings is 1. The van der Waals surface area contributed by atoms with Gasteiger partial charge in [0.25, 0.3) is 0 Å². The van der Waals surface area contributed by atoms with E-state index in [1.807, 2.05) is 11.8 Å². The summed E-state index contributed by atoms with van der Waals surface area (Å²) in [6.07, 6.45) is 0.434. The van der Waals surface area contributed by atoms with Crippen molar-refractivity contribution in [2.75, 3.05) is 19.6 Å². The average molecular weight is 173 g/mol. The molecule has 0 aromatic carbocycles. The Morgan fingerprint density at radius 2 is 2.33 bits per heavy atom. The molecular weight excluding hydrogens is 158 g/mol. The van der Waals surface area contributed by atoms with Crippen LogP contribution in [0.25, 0.3) is 0 Å². The number of aliphatic hydroxyl groups is 1. The summed E-state index contributed by atoms with van der Waals surface area (Å²) in [5.74, 6) is -0.600. The van der Waals surface area contributed by atoms with Gasteiger partial charge in [0.2, 0.25) is 0 Å². The molecule has 0 amide bonds. The number of aliphatic carboxylic acids is 1. The fourth-order valence-electron chi connectivity index (χ4n) is 1.55. The summed E-state index contributed by atoms with van der Waals surface area (Å²) in [6, 6.07) is 0. The second-order valence-corrected chi connectivity index (χ2v) is 3.46. The highest BCUT2D eigenvalue weighted by Crippen LogP contribution is 2.15. The zero-order valence-electron chi connectivity index (χ0n) is 7.23. The lowest BCUT2D eigenvalue weighted by Gasteiger charge is -2.33. The zero-order valence-corrected chi connectivity index (χ0v) is 7.23. The Hall–Kier alpha value is -0.610. The minimum Gasteiger partial charge on any atom is -0.480 e. The van der Waals surface area contributed by atoms with Crippen molar-refractivity contribution in [3.8, 4) is 0 Å². The second kappa shape index (κ2) is 3.87. The Bertz CT molecular complexity index is 172. The molecule has 0 aliphatic carbocycles. The van der Waals surface area contributed by atoms with E-state index in [4.69, 9.17) is 5.11 Å². The van der Waals surface area contributed by atoms with Crippen LogP contribution in [0.2, 0.25) is 0 Å². The van der Waals surface area contributed by atoms with E-state index in [9.17, 15) is 9.90 Å². The first kappa shape index (κ1) is 9.48. The Balaban J connectivity index is 2.35. The number of carbonyl (C=O) groups is 1. The van der Waals surface area contributed by atoms with Crippen molar-refractivity contribution < 1.29 is 15.0 Å². The summed E-state index contributed by atoms with van der Waals surface area (Å²) < 4.78 is 0. The molecule has 2 unspecified atom stereocenters. The molecule has 1 saturated heterocycles. The van der Waals surface area contributed by atoms with E-state index in [2.05, 4.69) is 0 Å². The van der Waals surface area contributed by atoms with Gasteiger partial charge in [-0.1, -0.05) is 6.92 Å². The molecule has 0 radical (unpaired) electrons. The topological polar surface area (TPSA) is 60.8 Å². The van der Waals surface area contributed by atoms with Gasteiger partial charge in [0.15, 0.2) is 0 Å². The van der Waals surface area contributed by atoms with Crippen LogP contribution >= 0.6 is 0 Å². The Morgan fingerprint density at radius 3 is 2.83 bits per heavy atom. The number of carboxylic acid groups (broad SMARTS) is 1. The molecule has 0 bridgehead atoms. The van der Waals surface area contributed by atoms with Gasteiger partial charge in [0, 0.05) is 13.1 Å². The lowest BCUT2D eigenvalue weighted by Crippen LogP contribution is -2.43. The summed E-state index contributed by atoms with van der Waals surface area (Å²) in [7, 11) is 0. The molecule has 1 aliphatic heterocycles. The van der Waals surface area contributed by atoms with Crippen LogP contribution in [0.3, 0.4) is 0 Å². The van der Waals surface area contributed by atoms with Gasteiger partial charge < -0.3 is 10.2 Å². The van der Waals surface area contributed by atoms with Crippen molar-refractivity contribution in [1.29, 1.82) is 0 Å². The van der Waals surface area contributed by atoms with Crippen molar-refractivity contribution in [3.05, 3.63) is 0 Å². The van der Waals surface area contributed by atoms with Crippen molar-refractivity contribution >= 4 is 5.97 Å². The third-order valence-corrected chi connectivity index (χ3v) is 2.30. The second-order valence-electron chi connectivity index (χ2n) is 3.46. The third kappa shape index (κ3) is 2.46. The van der Waals surface area contributed by atoms with E-state index >= 15 is 0 Å². The van der Waals surface area contributed by atoms with E-state index in [-0.39, 0.29) is 18.6 Å². The third-order valence-electron chi connectivity index (χ3n) is 2.30. The van der Waals surface area contributed by atoms with E-state index in [1.54, 1.807) is 0 Å². The largest absolute Gasteiger partial charge is 0.480 e. The molecule has 1 aliphatic rings. The molecule has 4 heteroatoms. The smallest absolute Gasteiger partial charge is 0.317 e. The molecule has 4 nitrogen and oxygen atoms in total. The maximum absolute atomic E-state index is 10.4. The van der Waals surface area contributed by atoms with Gasteiger partial charge >= 0.3 is 5.97 Å². The van der Waals surface area contributed by atoms with Gasteiger partial charge in [-0.2, -0.15) is 0 Å². The van der Waals surface area contributed by atoms with E-state index in [0.29, 0.717) is 19.5 Å². The van der Waals surface area contributed by atoms with Gasteiger partial charge in [0.1, 0.15) is 0 Å². The molecule has 2 N–H and O–H groups in total. The Kier molecular flexibility index (Phi) is 3.05. The standard InChI is InChI=1S/C8H15NO3/c1-6-4-9(5-8(11)12)3-2-7(6)10/h6-7,10H,2-5H2,1H3,(H,11,12). The number of likely N-dealkylation sites (tertiary alicyclic amines) is 1. The predicted octanol–water partition coefficient (Wildman–Crippen LogP) is -0.226. The highest BCUT2D eigenvalue weighted by molar-refractivity contribution is 5.69. The first-order valence-electron chi connectivity index (χ1n) is 4.22. The van der Waals surface area contributed by atoms with E-state index in [1.165, 1.54) is 0 Å². The van der Waals surface area contributed by atoms with Crippen LogP contribution < -0.4 is 0 Å². The molecule has 0 aromatic rings. The van der Waals surface area contributed by atoms with Crippen LogP contribution in [-0.2, 0) is 4.79 Å². The zero-order chi connectivity index (χ0) is 9.14. The molecule has 0 aromatic heterocycles. The number of nitrogens with zero attached hydrogens (tertiary/aromatic N) is 1. The summed E-state index contributed by atoms with van der Waals surface area (Å²) in [6.45, 7) is 3.42. The lowest BCUT2D eigenvalue weighted by atomic mass is 9.97. The van der Waals surface area contributed by atoms with E-state index in [0.717, 1.165) is 0 Å². The van der Waals surface area contributed by atoms with Gasteiger partial charge in [0.05, 0.1) is 12.6 Å². The number of aliphatic hydroxyl groups excluding tert-OH is 1. The molecule has 1 fully saturated rings. The van der Waals surface area contributed by atoms with Gasteiger partial charge in [-0.05, 0) is 12.3 Å². The van der Waals surface area contributed by atoms with Crippen LogP contribution in [0.1, 0.15) is 13.3 Å². The number of rotatable bonds is 2. The van der Waals surface area contributed by atoms with Crippen molar-refractivity contribution in [3.63, 3.8) is 0 Å². The van der Waals surface area contributed by atoms with Crippen LogP contribution in [0.4, 0.5) is 0 Å². The van der Waals surface area contributed by atoms with Crippen molar-refractivity contribution in [2.24, 2.45) is 5.92 Å². The maximum atomic E-state index is 10.4. The van der Waals surface area contributed by atoms with Crippen LogP contribution in [0.15, 0.2) is 0 Å². The van der Waals surface area contributed by atoms with Gasteiger partial charge in [-0.25, -0.2) is 0 Å². The van der Waals surface area contributed by atoms with Crippen molar-refractivity contribution in [2.45, 2.75) is 19.4 Å². The number of carboxylic acids is 1. The predicted molar refractivity (Wildman–Crippen MR) is 43.9 cm³/mol. The van der Waals surface area contributed by atoms with Crippen LogP contribution in [0, 0.1) is 5.92 Å². The highest BCUT2D eigenvalue weighted by atomic mass is 16.4. The van der Waals surface area contributed by atoms with Crippen LogP contribution in [-0.4, -0.2) is 46.8 Å². The van der Waals surface area contributed by atoms with Gasteiger partial charge in [-0.15, -0.1) is 0 Å². The monoisotopic (exact) mass is 173 g/mol. The van der Waals surface area contributed by atoms with Gasteiger partial charge in [-0.3, -0.25) is 9.69 Å². The number of hydrogen-bond donors (Lipinski definition) is 2. The summed E-state index contributed by atoms with van der Waals surface area (Å²) in [5, 5.41) is 17.9. The molecule has 0 saturated carbocycles. The summed E-state index contributed by atoms with van der Waals surface area (Å²) in [4.78, 5) is 12.2. The average Bonchev–Trinajstić information content (AvgIpc) is 1.96. The summed E-state index contributed by atoms with van der Waals surface area (Å²) in [5.41, 5.74) is 0. The maximum Gasteiger partial charge on any atom is 0.317 e. The minimum atomic E-state index is -0.793. The van der Waals surface area contributed by atoms with E-state index < -0.39 is 5.97 Å². The molecule has 2 atom stereocenters. The first-order valence-corrected chi connectivity index (χ1v) is 4.22. The quantitative estimate of drug-likeness (QED) is 0.605. The fraction of sp³-hybridized carbons (Fsp3) is 0.875. The Labute approximate surface area is 71.8 Å². The van der Waals surface area contributed by atoms with Crippen LogP contribution in [0.5, 0.6) is 0 Å².